The van der Waals surface area contributed by atoms with Crippen LogP contribution in [-0.2, 0) is 6.54 Å². The van der Waals surface area contributed by atoms with Crippen LogP contribution in [0.2, 0.25) is 0 Å². The highest BCUT2D eigenvalue weighted by Crippen LogP contribution is 2.19. The van der Waals surface area contributed by atoms with E-state index in [1.165, 1.54) is 11.3 Å². The molecule has 2 aromatic heterocycles. The van der Waals surface area contributed by atoms with Gasteiger partial charge >= 0.3 is 0 Å². The number of para-hydroxylation sites is 2. The van der Waals surface area contributed by atoms with Crippen molar-refractivity contribution in [3.8, 4) is 0 Å². The molecule has 0 aliphatic carbocycles. The predicted molar refractivity (Wildman–Crippen MR) is 86.9 cm³/mol. The second kappa shape index (κ2) is 5.23. The summed E-state index contributed by atoms with van der Waals surface area (Å²) in [7, 11) is 0. The Bertz CT molecular complexity index is 939. The quantitative estimate of drug-likeness (QED) is 0.611. The van der Waals surface area contributed by atoms with Crippen molar-refractivity contribution in [2.24, 2.45) is 0 Å². The normalized spacial score (nSPS) is 11.1. The number of amides is 1. The van der Waals surface area contributed by atoms with Crippen LogP contribution in [0.4, 0.5) is 0 Å². The van der Waals surface area contributed by atoms with Crippen LogP contribution < -0.4 is 5.32 Å². The molecule has 22 heavy (non-hydrogen) atoms. The lowest BCUT2D eigenvalue weighted by molar-refractivity contribution is 0.0950. The summed E-state index contributed by atoms with van der Waals surface area (Å²) < 4.78 is 1.01. The minimum absolute atomic E-state index is 0.115. The van der Waals surface area contributed by atoms with Crippen LogP contribution in [0.1, 0.15) is 16.2 Å². The average molecular weight is 308 g/mol. The molecule has 2 heterocycles. The van der Waals surface area contributed by atoms with E-state index in [9.17, 15) is 4.79 Å². The number of carbonyl (C=O) groups excluding carboxylic acids is 1. The summed E-state index contributed by atoms with van der Waals surface area (Å²) in [6, 6.07) is 13.3. The summed E-state index contributed by atoms with van der Waals surface area (Å²) in [4.78, 5) is 24.1. The fourth-order valence-electron chi connectivity index (χ4n) is 2.35. The standard InChI is InChI=1S/C16H12N4OS/c21-16(10-5-6-13-14(7-10)22-9-18-13)17-8-15-19-11-3-1-2-4-12(11)20-15/h1-7,9H,8H2,(H,17,21)(H,19,20). The van der Waals surface area contributed by atoms with Crippen LogP contribution in [0.25, 0.3) is 21.3 Å². The minimum Gasteiger partial charge on any atom is -0.345 e. The smallest absolute Gasteiger partial charge is 0.251 e. The lowest BCUT2D eigenvalue weighted by atomic mass is 10.2. The number of imidazole rings is 1. The number of hydrogen-bond acceptors (Lipinski definition) is 4. The first-order valence-corrected chi connectivity index (χ1v) is 7.73. The van der Waals surface area contributed by atoms with E-state index in [2.05, 4.69) is 20.3 Å². The molecular weight excluding hydrogens is 296 g/mol. The van der Waals surface area contributed by atoms with Crippen LogP contribution in [0.3, 0.4) is 0 Å². The molecule has 6 heteroatoms. The van der Waals surface area contributed by atoms with Gasteiger partial charge in [-0.2, -0.15) is 0 Å². The Labute approximate surface area is 130 Å². The van der Waals surface area contributed by atoms with Crippen LogP contribution >= 0.6 is 11.3 Å². The number of nitrogens with zero attached hydrogens (tertiary/aromatic N) is 2. The van der Waals surface area contributed by atoms with E-state index < -0.39 is 0 Å². The third kappa shape index (κ3) is 2.33. The highest BCUT2D eigenvalue weighted by atomic mass is 32.1. The van der Waals surface area contributed by atoms with E-state index in [-0.39, 0.29) is 5.91 Å². The average Bonchev–Trinajstić information content (AvgIpc) is 3.17. The van der Waals surface area contributed by atoms with Gasteiger partial charge in [0.05, 0.1) is 33.3 Å². The zero-order valence-electron chi connectivity index (χ0n) is 11.5. The van der Waals surface area contributed by atoms with Crippen LogP contribution in [0.15, 0.2) is 48.0 Å². The van der Waals surface area contributed by atoms with Gasteiger partial charge in [-0.05, 0) is 30.3 Å². The maximum absolute atomic E-state index is 12.2. The Balaban J connectivity index is 1.51. The maximum atomic E-state index is 12.2. The lowest BCUT2D eigenvalue weighted by Crippen LogP contribution is -2.23. The van der Waals surface area contributed by atoms with E-state index in [4.69, 9.17) is 0 Å². The van der Waals surface area contributed by atoms with Gasteiger partial charge in [-0.1, -0.05) is 12.1 Å². The number of hydrogen-bond donors (Lipinski definition) is 2. The molecule has 0 aliphatic rings. The molecule has 4 aromatic rings. The minimum atomic E-state index is -0.115. The largest absolute Gasteiger partial charge is 0.345 e. The summed E-state index contributed by atoms with van der Waals surface area (Å²) >= 11 is 1.53. The molecular formula is C16H12N4OS. The van der Waals surface area contributed by atoms with Crippen LogP contribution in [0, 0.1) is 0 Å². The van der Waals surface area contributed by atoms with Gasteiger partial charge < -0.3 is 10.3 Å². The van der Waals surface area contributed by atoms with Crippen molar-refractivity contribution in [2.45, 2.75) is 6.54 Å². The SMILES string of the molecule is O=C(NCc1nc2ccccc2[nH]1)c1ccc2ncsc2c1. The molecule has 0 bridgehead atoms. The van der Waals surface area contributed by atoms with Gasteiger partial charge in [0.2, 0.25) is 0 Å². The molecule has 0 spiro atoms. The molecule has 4 rings (SSSR count). The van der Waals surface area contributed by atoms with Crippen molar-refractivity contribution in [1.29, 1.82) is 0 Å². The number of fused-ring (bicyclic) bond motifs is 2. The number of aromatic nitrogens is 3. The number of thiazole rings is 1. The fourth-order valence-corrected chi connectivity index (χ4v) is 3.07. The highest BCUT2D eigenvalue weighted by Gasteiger charge is 2.09. The first-order chi connectivity index (χ1) is 10.8. The highest BCUT2D eigenvalue weighted by molar-refractivity contribution is 7.16. The first-order valence-electron chi connectivity index (χ1n) is 6.85. The third-order valence-electron chi connectivity index (χ3n) is 3.45. The number of nitrogens with one attached hydrogen (secondary N) is 2. The van der Waals surface area contributed by atoms with Gasteiger partial charge in [-0.25, -0.2) is 9.97 Å². The van der Waals surface area contributed by atoms with E-state index in [0.29, 0.717) is 12.1 Å². The third-order valence-corrected chi connectivity index (χ3v) is 4.24. The molecule has 0 radical (unpaired) electrons. The molecule has 5 nitrogen and oxygen atoms in total. The zero-order chi connectivity index (χ0) is 14.9. The zero-order valence-corrected chi connectivity index (χ0v) is 12.4. The number of rotatable bonds is 3. The Hall–Kier alpha value is -2.73. The Morgan fingerprint density at radius 3 is 3.00 bits per heavy atom. The van der Waals surface area contributed by atoms with Crippen molar-refractivity contribution >= 4 is 38.5 Å². The molecule has 0 saturated carbocycles. The van der Waals surface area contributed by atoms with E-state index >= 15 is 0 Å². The van der Waals surface area contributed by atoms with Gasteiger partial charge in [-0.3, -0.25) is 4.79 Å². The van der Waals surface area contributed by atoms with Gasteiger partial charge in [0.25, 0.3) is 5.91 Å². The molecule has 2 N–H and O–H groups in total. The maximum Gasteiger partial charge on any atom is 0.251 e. The number of carbonyl (C=O) groups is 1. The number of aromatic amines is 1. The topological polar surface area (TPSA) is 70.7 Å². The number of benzene rings is 2. The second-order valence-corrected chi connectivity index (χ2v) is 5.80. The summed E-state index contributed by atoms with van der Waals surface area (Å²) in [5.41, 5.74) is 5.20. The summed E-state index contributed by atoms with van der Waals surface area (Å²) in [5, 5.41) is 2.88. The van der Waals surface area contributed by atoms with Gasteiger partial charge in [-0.15, -0.1) is 11.3 Å². The molecule has 0 unspecified atom stereocenters. The van der Waals surface area contributed by atoms with Crippen molar-refractivity contribution in [3.05, 3.63) is 59.4 Å². The monoisotopic (exact) mass is 308 g/mol. The molecule has 1 amide bonds. The summed E-state index contributed by atoms with van der Waals surface area (Å²) in [6.07, 6.45) is 0. The molecule has 0 aliphatic heterocycles. The van der Waals surface area contributed by atoms with Crippen molar-refractivity contribution in [2.75, 3.05) is 0 Å². The Kier molecular flexibility index (Phi) is 3.08. The van der Waals surface area contributed by atoms with Crippen LogP contribution in [-0.4, -0.2) is 20.9 Å². The van der Waals surface area contributed by atoms with Gasteiger partial charge in [0, 0.05) is 5.56 Å². The summed E-state index contributed by atoms with van der Waals surface area (Å²) in [5.74, 6) is 0.629. The lowest BCUT2D eigenvalue weighted by Gasteiger charge is -2.03. The Morgan fingerprint density at radius 2 is 2.09 bits per heavy atom. The van der Waals surface area contributed by atoms with E-state index in [1.54, 1.807) is 11.6 Å². The molecule has 2 aromatic carbocycles. The molecule has 0 atom stereocenters. The van der Waals surface area contributed by atoms with E-state index in [0.717, 1.165) is 27.1 Å². The molecule has 108 valence electrons. The van der Waals surface area contributed by atoms with Crippen molar-refractivity contribution in [1.82, 2.24) is 20.3 Å². The van der Waals surface area contributed by atoms with Gasteiger partial charge in [0.15, 0.2) is 0 Å². The van der Waals surface area contributed by atoms with Gasteiger partial charge in [0.1, 0.15) is 5.82 Å². The first kappa shape index (κ1) is 13.0. The fraction of sp³-hybridized carbons (Fsp3) is 0.0625. The Morgan fingerprint density at radius 1 is 1.18 bits per heavy atom. The van der Waals surface area contributed by atoms with E-state index in [1.807, 2.05) is 36.4 Å². The summed E-state index contributed by atoms with van der Waals surface area (Å²) in [6.45, 7) is 0.369. The van der Waals surface area contributed by atoms with Crippen LogP contribution in [0.5, 0.6) is 0 Å². The second-order valence-electron chi connectivity index (χ2n) is 4.92. The molecule has 0 fully saturated rings. The van der Waals surface area contributed by atoms with Crippen molar-refractivity contribution < 1.29 is 4.79 Å². The predicted octanol–water partition coefficient (Wildman–Crippen LogP) is 3.10. The van der Waals surface area contributed by atoms with Crippen molar-refractivity contribution in [3.63, 3.8) is 0 Å². The number of H-pyrrole nitrogens is 1. The molecule has 0 saturated heterocycles.